The molecule has 4 heterocycles. The first-order valence-corrected chi connectivity index (χ1v) is 8.67. The summed E-state index contributed by atoms with van der Waals surface area (Å²) >= 11 is 0. The van der Waals surface area contributed by atoms with Crippen molar-refractivity contribution in [2.45, 2.75) is 31.5 Å². The van der Waals surface area contributed by atoms with Crippen LogP contribution in [0.2, 0.25) is 0 Å². The van der Waals surface area contributed by atoms with Gasteiger partial charge in [0.05, 0.1) is 25.0 Å². The lowest BCUT2D eigenvalue weighted by molar-refractivity contribution is -0.0808. The monoisotopic (exact) mass is 328 g/mol. The summed E-state index contributed by atoms with van der Waals surface area (Å²) in [5.41, 5.74) is 0. The minimum absolute atomic E-state index is 0.277. The number of anilines is 1. The van der Waals surface area contributed by atoms with Crippen LogP contribution in [-0.4, -0.2) is 53.8 Å². The van der Waals surface area contributed by atoms with Gasteiger partial charge in [0.15, 0.2) is 0 Å². The lowest BCUT2D eigenvalue weighted by Crippen LogP contribution is -2.60. The maximum atomic E-state index is 6.18. The third-order valence-corrected chi connectivity index (χ3v) is 5.12. The molecule has 2 fully saturated rings. The van der Waals surface area contributed by atoms with E-state index >= 15 is 0 Å². The molecular weight excluding hydrogens is 304 g/mol. The van der Waals surface area contributed by atoms with Gasteiger partial charge in [0.25, 0.3) is 0 Å². The maximum absolute atomic E-state index is 6.18. The molecule has 0 spiro atoms. The van der Waals surface area contributed by atoms with Crippen LogP contribution in [-0.2, 0) is 11.3 Å². The number of hydrogen-bond donors (Lipinski definition) is 0. The largest absolute Gasteiger partial charge is 0.468 e. The summed E-state index contributed by atoms with van der Waals surface area (Å²) < 4.78 is 11.7. The third-order valence-electron chi connectivity index (χ3n) is 5.12. The number of piperidine rings is 1. The van der Waals surface area contributed by atoms with E-state index in [0.717, 1.165) is 44.4 Å². The van der Waals surface area contributed by atoms with E-state index in [9.17, 15) is 0 Å². The van der Waals surface area contributed by atoms with Gasteiger partial charge in [-0.3, -0.25) is 4.90 Å². The molecule has 3 atom stereocenters. The molecule has 6 nitrogen and oxygen atoms in total. The molecule has 0 saturated carbocycles. The first-order chi connectivity index (χ1) is 11.8. The molecule has 0 aromatic carbocycles. The van der Waals surface area contributed by atoms with Crippen molar-refractivity contribution in [1.29, 1.82) is 0 Å². The topological polar surface area (TPSA) is 54.6 Å². The van der Waals surface area contributed by atoms with Gasteiger partial charge in [-0.15, -0.1) is 0 Å². The van der Waals surface area contributed by atoms with Crippen LogP contribution in [0.15, 0.2) is 41.3 Å². The van der Waals surface area contributed by atoms with Crippen LogP contribution in [0.25, 0.3) is 0 Å². The van der Waals surface area contributed by atoms with Gasteiger partial charge in [0.1, 0.15) is 5.76 Å². The van der Waals surface area contributed by atoms with E-state index in [4.69, 9.17) is 9.15 Å². The minimum Gasteiger partial charge on any atom is -0.468 e. The predicted molar refractivity (Wildman–Crippen MR) is 90.7 cm³/mol. The van der Waals surface area contributed by atoms with E-state index in [1.807, 2.05) is 30.6 Å². The molecule has 0 radical (unpaired) electrons. The second-order valence-corrected chi connectivity index (χ2v) is 6.75. The Morgan fingerprint density at radius 1 is 1.25 bits per heavy atom. The van der Waals surface area contributed by atoms with Crippen molar-refractivity contribution in [3.05, 3.63) is 42.6 Å². The quantitative estimate of drug-likeness (QED) is 0.857. The average molecular weight is 328 g/mol. The number of furan rings is 1. The minimum atomic E-state index is 0.277. The standard InChI is InChI=1S/C18H24N4O2/c1-21(12-15-6-3-9-23-15)16-13-22(18-19-7-4-8-20-18)11-14-5-2-10-24-17(14)16/h3-4,6-9,14,16-17H,2,5,10-13H2,1H3/t14-,16+,17-/m0/s1. The summed E-state index contributed by atoms with van der Waals surface area (Å²) in [6.45, 7) is 3.50. The molecule has 0 amide bonds. The fraction of sp³-hybridized carbons (Fsp3) is 0.556. The Labute approximate surface area is 142 Å². The zero-order chi connectivity index (χ0) is 16.4. The van der Waals surface area contributed by atoms with Crippen molar-refractivity contribution < 1.29 is 9.15 Å². The second kappa shape index (κ2) is 6.91. The van der Waals surface area contributed by atoms with E-state index in [0.29, 0.717) is 12.0 Å². The Balaban J connectivity index is 1.55. The molecule has 24 heavy (non-hydrogen) atoms. The van der Waals surface area contributed by atoms with Gasteiger partial charge < -0.3 is 14.1 Å². The SMILES string of the molecule is CN(Cc1ccco1)[C@@H]1CN(c2ncccn2)C[C@@H]2CCCO[C@@H]21. The van der Waals surface area contributed by atoms with Crippen molar-refractivity contribution in [2.24, 2.45) is 5.92 Å². The molecule has 0 N–H and O–H groups in total. The van der Waals surface area contributed by atoms with Crippen molar-refractivity contribution in [2.75, 3.05) is 31.6 Å². The Bertz CT molecular complexity index is 634. The van der Waals surface area contributed by atoms with E-state index in [1.165, 1.54) is 6.42 Å². The highest BCUT2D eigenvalue weighted by Gasteiger charge is 2.41. The first kappa shape index (κ1) is 15.6. The number of rotatable bonds is 4. The molecule has 4 rings (SSSR count). The summed E-state index contributed by atoms with van der Waals surface area (Å²) in [5.74, 6) is 2.33. The van der Waals surface area contributed by atoms with Gasteiger partial charge in [-0.2, -0.15) is 0 Å². The van der Waals surface area contributed by atoms with Crippen LogP contribution >= 0.6 is 0 Å². The fourth-order valence-electron chi connectivity index (χ4n) is 3.95. The van der Waals surface area contributed by atoms with Crippen LogP contribution in [0, 0.1) is 5.92 Å². The number of likely N-dealkylation sites (N-methyl/N-ethyl adjacent to an activating group) is 1. The van der Waals surface area contributed by atoms with Crippen LogP contribution in [0.4, 0.5) is 5.95 Å². The van der Waals surface area contributed by atoms with Crippen molar-refractivity contribution in [1.82, 2.24) is 14.9 Å². The lowest BCUT2D eigenvalue weighted by atomic mass is 9.85. The van der Waals surface area contributed by atoms with E-state index in [2.05, 4.69) is 26.8 Å². The first-order valence-electron chi connectivity index (χ1n) is 8.67. The van der Waals surface area contributed by atoms with Crippen LogP contribution < -0.4 is 4.90 Å². The van der Waals surface area contributed by atoms with E-state index < -0.39 is 0 Å². The van der Waals surface area contributed by atoms with Crippen LogP contribution in [0.5, 0.6) is 0 Å². The highest BCUT2D eigenvalue weighted by atomic mass is 16.5. The van der Waals surface area contributed by atoms with Crippen molar-refractivity contribution in [3.63, 3.8) is 0 Å². The normalized spacial score (nSPS) is 27.2. The maximum Gasteiger partial charge on any atom is 0.225 e. The summed E-state index contributed by atoms with van der Waals surface area (Å²) in [5, 5.41) is 0. The number of nitrogens with zero attached hydrogens (tertiary/aromatic N) is 4. The van der Waals surface area contributed by atoms with E-state index in [1.54, 1.807) is 6.26 Å². The van der Waals surface area contributed by atoms with E-state index in [-0.39, 0.29) is 6.10 Å². The molecular formula is C18H24N4O2. The molecule has 2 aromatic heterocycles. The third kappa shape index (κ3) is 3.16. The van der Waals surface area contributed by atoms with Crippen LogP contribution in [0.3, 0.4) is 0 Å². The Morgan fingerprint density at radius 2 is 2.12 bits per heavy atom. The molecule has 0 aliphatic carbocycles. The van der Waals surface area contributed by atoms with Gasteiger partial charge in [0, 0.05) is 38.0 Å². The second-order valence-electron chi connectivity index (χ2n) is 6.75. The summed E-state index contributed by atoms with van der Waals surface area (Å²) in [7, 11) is 2.15. The molecule has 2 aliphatic heterocycles. The summed E-state index contributed by atoms with van der Waals surface area (Å²) in [6, 6.07) is 6.13. The predicted octanol–water partition coefficient (Wildman–Crippen LogP) is 2.19. The Kier molecular flexibility index (Phi) is 4.49. The van der Waals surface area contributed by atoms with Gasteiger partial charge >= 0.3 is 0 Å². The number of ether oxygens (including phenoxy) is 1. The van der Waals surface area contributed by atoms with Gasteiger partial charge in [0.2, 0.25) is 5.95 Å². The lowest BCUT2D eigenvalue weighted by Gasteiger charge is -2.48. The Hall–Kier alpha value is -1.92. The summed E-state index contributed by atoms with van der Waals surface area (Å²) in [6.07, 6.45) is 7.98. The smallest absolute Gasteiger partial charge is 0.225 e. The van der Waals surface area contributed by atoms with Gasteiger partial charge in [-0.25, -0.2) is 9.97 Å². The molecule has 2 saturated heterocycles. The highest BCUT2D eigenvalue weighted by Crippen LogP contribution is 2.32. The van der Waals surface area contributed by atoms with Gasteiger partial charge in [-0.1, -0.05) is 0 Å². The van der Waals surface area contributed by atoms with Crippen LogP contribution in [0.1, 0.15) is 18.6 Å². The molecule has 6 heteroatoms. The number of aromatic nitrogens is 2. The highest BCUT2D eigenvalue weighted by molar-refractivity contribution is 5.31. The molecule has 128 valence electrons. The zero-order valence-electron chi connectivity index (χ0n) is 14.0. The number of fused-ring (bicyclic) bond motifs is 1. The molecule has 0 unspecified atom stereocenters. The van der Waals surface area contributed by atoms with Gasteiger partial charge in [-0.05, 0) is 38.1 Å². The molecule has 0 bridgehead atoms. The molecule has 2 aliphatic rings. The van der Waals surface area contributed by atoms with Crippen molar-refractivity contribution in [3.8, 4) is 0 Å². The average Bonchev–Trinajstić information content (AvgIpc) is 3.14. The zero-order valence-corrected chi connectivity index (χ0v) is 14.0. The number of hydrogen-bond acceptors (Lipinski definition) is 6. The molecule has 2 aromatic rings. The summed E-state index contributed by atoms with van der Waals surface area (Å²) in [4.78, 5) is 13.5. The Morgan fingerprint density at radius 3 is 2.92 bits per heavy atom. The fourth-order valence-corrected chi connectivity index (χ4v) is 3.95. The van der Waals surface area contributed by atoms with Crippen molar-refractivity contribution >= 4 is 5.95 Å².